The summed E-state index contributed by atoms with van der Waals surface area (Å²) in [7, 11) is 0. The minimum absolute atomic E-state index is 0.00489. The molecule has 0 spiro atoms. The molecule has 4 unspecified atom stereocenters. The summed E-state index contributed by atoms with van der Waals surface area (Å²) in [4.78, 5) is 38.7. The number of benzene rings is 2. The summed E-state index contributed by atoms with van der Waals surface area (Å²) in [6, 6.07) is 15.7. The number of carboxylic acids is 1. The third kappa shape index (κ3) is 4.51. The molecular formula is C28H32N2O5. The van der Waals surface area contributed by atoms with Crippen LogP contribution in [0, 0.1) is 17.8 Å². The predicted molar refractivity (Wildman–Crippen MR) is 131 cm³/mol. The van der Waals surface area contributed by atoms with Crippen LogP contribution in [-0.2, 0) is 14.3 Å². The van der Waals surface area contributed by atoms with Gasteiger partial charge in [0.1, 0.15) is 12.6 Å². The fourth-order valence-corrected chi connectivity index (χ4v) is 6.27. The molecule has 7 heteroatoms. The molecule has 2 aliphatic carbocycles. The molecule has 1 aliphatic heterocycles. The highest BCUT2D eigenvalue weighted by atomic mass is 16.5. The summed E-state index contributed by atoms with van der Waals surface area (Å²) in [6.45, 7) is 2.95. The van der Waals surface area contributed by atoms with E-state index in [0.29, 0.717) is 19.0 Å². The molecule has 2 aromatic rings. The minimum Gasteiger partial charge on any atom is -0.480 e. The lowest BCUT2D eigenvalue weighted by Gasteiger charge is -2.25. The third-order valence-electron chi connectivity index (χ3n) is 7.93. The van der Waals surface area contributed by atoms with Crippen molar-refractivity contribution in [2.75, 3.05) is 19.7 Å². The number of fused-ring (bicyclic) bond motifs is 4. The van der Waals surface area contributed by atoms with E-state index in [2.05, 4.69) is 29.6 Å². The maximum Gasteiger partial charge on any atom is 0.407 e. The first-order valence-corrected chi connectivity index (χ1v) is 12.5. The maximum atomic E-state index is 12.9. The molecule has 0 radical (unpaired) electrons. The highest BCUT2D eigenvalue weighted by molar-refractivity contribution is 5.85. The van der Waals surface area contributed by atoms with Gasteiger partial charge in [0.25, 0.3) is 0 Å². The van der Waals surface area contributed by atoms with Crippen LogP contribution in [0.4, 0.5) is 4.79 Å². The second-order valence-corrected chi connectivity index (χ2v) is 10.2. The third-order valence-corrected chi connectivity index (χ3v) is 7.93. The number of hydrogen-bond donors (Lipinski definition) is 2. The van der Waals surface area contributed by atoms with Crippen molar-refractivity contribution in [2.45, 2.75) is 44.6 Å². The number of carbonyl (C=O) groups is 3. The van der Waals surface area contributed by atoms with Gasteiger partial charge in [-0.3, -0.25) is 4.79 Å². The zero-order chi connectivity index (χ0) is 24.5. The van der Waals surface area contributed by atoms with Gasteiger partial charge in [0.05, 0.1) is 0 Å². The van der Waals surface area contributed by atoms with Crippen molar-refractivity contribution in [1.29, 1.82) is 0 Å². The number of nitrogens with zero attached hydrogens (tertiary/aromatic N) is 1. The molecule has 35 heavy (non-hydrogen) atoms. The van der Waals surface area contributed by atoms with Gasteiger partial charge in [-0.25, -0.2) is 9.59 Å². The Labute approximate surface area is 205 Å². The largest absolute Gasteiger partial charge is 0.480 e. The molecule has 1 saturated heterocycles. The van der Waals surface area contributed by atoms with Crippen LogP contribution in [-0.4, -0.2) is 53.7 Å². The standard InChI is InChI=1S/C28H32N2O5/c1-17(13-25(31)30-15-18-7-6-12-19(18)26(30)27(32)33)14-29-28(34)35-16-24-22-10-4-2-8-20(22)21-9-3-5-11-23(21)24/h2-5,8-11,17-19,24,26H,6-7,12-16H2,1H3,(H,29,34)(H,32,33). The highest BCUT2D eigenvalue weighted by Gasteiger charge is 2.49. The molecule has 1 heterocycles. The summed E-state index contributed by atoms with van der Waals surface area (Å²) in [5.41, 5.74) is 4.66. The molecule has 4 atom stereocenters. The Morgan fingerprint density at radius 1 is 1.06 bits per heavy atom. The molecule has 2 amide bonds. The Bertz CT molecular complexity index is 1090. The van der Waals surface area contributed by atoms with Gasteiger partial charge in [-0.15, -0.1) is 0 Å². The van der Waals surface area contributed by atoms with Crippen LogP contribution in [0.2, 0.25) is 0 Å². The van der Waals surface area contributed by atoms with Crippen molar-refractivity contribution in [3.63, 3.8) is 0 Å². The molecular weight excluding hydrogens is 444 g/mol. The minimum atomic E-state index is -0.905. The molecule has 7 nitrogen and oxygen atoms in total. The van der Waals surface area contributed by atoms with E-state index in [0.717, 1.165) is 30.4 Å². The second-order valence-electron chi connectivity index (χ2n) is 10.2. The van der Waals surface area contributed by atoms with Crippen molar-refractivity contribution < 1.29 is 24.2 Å². The summed E-state index contributed by atoms with van der Waals surface area (Å²) in [5, 5.41) is 12.5. The van der Waals surface area contributed by atoms with Crippen LogP contribution < -0.4 is 5.32 Å². The van der Waals surface area contributed by atoms with Gasteiger partial charge in [-0.1, -0.05) is 61.9 Å². The quantitative estimate of drug-likeness (QED) is 0.622. The van der Waals surface area contributed by atoms with Gasteiger partial charge in [0.15, 0.2) is 0 Å². The summed E-state index contributed by atoms with van der Waals surface area (Å²) in [6.07, 6.45) is 2.61. The van der Waals surface area contributed by atoms with Gasteiger partial charge < -0.3 is 20.1 Å². The van der Waals surface area contributed by atoms with Crippen molar-refractivity contribution >= 4 is 18.0 Å². The SMILES string of the molecule is CC(CNC(=O)OCC1c2ccccc2-c2ccccc21)CC(=O)N1CC2CCCC2C1C(=O)O. The predicted octanol–water partition coefficient (Wildman–Crippen LogP) is 4.26. The monoisotopic (exact) mass is 476 g/mol. The normalized spacial score (nSPS) is 23.3. The summed E-state index contributed by atoms with van der Waals surface area (Å²) in [5.74, 6) is -0.807. The molecule has 184 valence electrons. The van der Waals surface area contributed by atoms with Gasteiger partial charge in [0.2, 0.25) is 5.91 Å². The lowest BCUT2D eigenvalue weighted by Crippen LogP contribution is -2.44. The average Bonchev–Trinajstić information content (AvgIpc) is 3.53. The van der Waals surface area contributed by atoms with Crippen molar-refractivity contribution in [2.24, 2.45) is 17.8 Å². The van der Waals surface area contributed by atoms with Crippen LogP contribution >= 0.6 is 0 Å². The van der Waals surface area contributed by atoms with E-state index < -0.39 is 18.1 Å². The van der Waals surface area contributed by atoms with Crippen molar-refractivity contribution in [3.05, 3.63) is 59.7 Å². The Hall–Kier alpha value is -3.35. The number of ether oxygens (including phenoxy) is 1. The Morgan fingerprint density at radius 3 is 2.37 bits per heavy atom. The Balaban J connectivity index is 1.12. The first kappa shape index (κ1) is 23.4. The number of rotatable bonds is 7. The number of carboxylic acid groups (broad SMARTS) is 1. The van der Waals surface area contributed by atoms with Crippen LogP contribution in [0.1, 0.15) is 49.7 Å². The average molecular weight is 477 g/mol. The van der Waals surface area contributed by atoms with E-state index in [-0.39, 0.29) is 36.7 Å². The van der Waals surface area contributed by atoms with Gasteiger partial charge in [-0.2, -0.15) is 0 Å². The number of amides is 2. The molecule has 0 aromatic heterocycles. The van der Waals surface area contributed by atoms with E-state index in [1.807, 2.05) is 31.2 Å². The van der Waals surface area contributed by atoms with Gasteiger partial charge in [-0.05, 0) is 52.8 Å². The van der Waals surface area contributed by atoms with E-state index in [4.69, 9.17) is 4.74 Å². The number of aliphatic carboxylic acids is 1. The first-order valence-electron chi connectivity index (χ1n) is 12.5. The molecule has 3 aliphatic rings. The number of likely N-dealkylation sites (tertiary alicyclic amines) is 1. The van der Waals surface area contributed by atoms with Crippen molar-refractivity contribution in [3.8, 4) is 11.1 Å². The molecule has 2 aromatic carbocycles. The lowest BCUT2D eigenvalue weighted by atomic mass is 9.94. The van der Waals surface area contributed by atoms with Crippen LogP contribution in [0.3, 0.4) is 0 Å². The second kappa shape index (κ2) is 9.72. The summed E-state index contributed by atoms with van der Waals surface area (Å²) >= 11 is 0. The fourth-order valence-electron chi connectivity index (χ4n) is 6.27. The van der Waals surface area contributed by atoms with Crippen molar-refractivity contribution in [1.82, 2.24) is 10.2 Å². The van der Waals surface area contributed by atoms with Crippen LogP contribution in [0.15, 0.2) is 48.5 Å². The van der Waals surface area contributed by atoms with Crippen LogP contribution in [0.25, 0.3) is 11.1 Å². The summed E-state index contributed by atoms with van der Waals surface area (Å²) < 4.78 is 5.57. The van der Waals surface area contributed by atoms with E-state index >= 15 is 0 Å². The Kier molecular flexibility index (Phi) is 6.50. The van der Waals surface area contributed by atoms with Crippen LogP contribution in [0.5, 0.6) is 0 Å². The van der Waals surface area contributed by atoms with Gasteiger partial charge >= 0.3 is 12.1 Å². The fraction of sp³-hybridized carbons (Fsp3) is 0.464. The maximum absolute atomic E-state index is 12.9. The number of alkyl carbamates (subject to hydrolysis) is 1. The first-order chi connectivity index (χ1) is 16.9. The van der Waals surface area contributed by atoms with E-state index in [9.17, 15) is 19.5 Å². The smallest absolute Gasteiger partial charge is 0.407 e. The zero-order valence-electron chi connectivity index (χ0n) is 20.0. The van der Waals surface area contributed by atoms with E-state index in [1.54, 1.807) is 4.90 Å². The number of nitrogens with one attached hydrogen (secondary N) is 1. The number of hydrogen-bond acceptors (Lipinski definition) is 4. The lowest BCUT2D eigenvalue weighted by molar-refractivity contribution is -0.150. The molecule has 2 fully saturated rings. The molecule has 0 bridgehead atoms. The molecule has 2 N–H and O–H groups in total. The zero-order valence-corrected chi connectivity index (χ0v) is 20.0. The number of carbonyl (C=O) groups excluding carboxylic acids is 2. The Morgan fingerprint density at radius 2 is 1.71 bits per heavy atom. The highest BCUT2D eigenvalue weighted by Crippen LogP contribution is 2.45. The van der Waals surface area contributed by atoms with Gasteiger partial charge in [0, 0.05) is 25.4 Å². The topological polar surface area (TPSA) is 95.9 Å². The molecule has 5 rings (SSSR count). The molecule has 1 saturated carbocycles. The van der Waals surface area contributed by atoms with E-state index in [1.165, 1.54) is 11.1 Å².